The van der Waals surface area contributed by atoms with Crippen molar-refractivity contribution in [2.75, 3.05) is 0 Å². The van der Waals surface area contributed by atoms with Crippen LogP contribution >= 0.6 is 0 Å². The quantitative estimate of drug-likeness (QED) is 0.347. The zero-order valence-corrected chi connectivity index (χ0v) is 26.5. The fraction of sp³-hybridized carbons (Fsp3) is 0.778. The van der Waals surface area contributed by atoms with E-state index in [1.165, 1.54) is 38.5 Å². The third-order valence-corrected chi connectivity index (χ3v) is 12.2. The number of carbonyl (C=O) groups is 2. The van der Waals surface area contributed by atoms with Crippen LogP contribution in [-0.4, -0.2) is 29.7 Å². The van der Waals surface area contributed by atoms with E-state index in [1.807, 2.05) is 51.1 Å². The number of ether oxygens (including phenoxy) is 2. The van der Waals surface area contributed by atoms with Gasteiger partial charge in [-0.1, -0.05) is 51.1 Å². The molecule has 0 aromatic heterocycles. The molecule has 0 radical (unpaired) electrons. The molecule has 5 nitrogen and oxygen atoms in total. The van der Waals surface area contributed by atoms with Crippen molar-refractivity contribution in [2.45, 2.75) is 130 Å². The van der Waals surface area contributed by atoms with Gasteiger partial charge in [0.15, 0.2) is 0 Å². The zero-order valence-electron chi connectivity index (χ0n) is 26.5. The Balaban J connectivity index is 1.18. The predicted octanol–water partition coefficient (Wildman–Crippen LogP) is 7.50. The lowest BCUT2D eigenvalue weighted by atomic mass is 9.44. The second kappa shape index (κ2) is 11.7. The van der Waals surface area contributed by atoms with Crippen LogP contribution in [0.3, 0.4) is 0 Å². The average molecular weight is 566 g/mol. The van der Waals surface area contributed by atoms with E-state index in [0.717, 1.165) is 42.6 Å². The van der Waals surface area contributed by atoms with E-state index in [1.54, 1.807) is 0 Å². The van der Waals surface area contributed by atoms with Gasteiger partial charge in [-0.25, -0.2) is 0 Å². The van der Waals surface area contributed by atoms with E-state index in [0.29, 0.717) is 41.4 Å². The summed E-state index contributed by atoms with van der Waals surface area (Å²) in [5.74, 6) is 3.59. The first-order valence-electron chi connectivity index (χ1n) is 16.5. The Kier molecular flexibility index (Phi) is 8.69. The lowest BCUT2D eigenvalue weighted by Gasteiger charge is -2.61. The molecule has 0 aliphatic heterocycles. The minimum atomic E-state index is -0.606. The Hall–Kier alpha value is -1.88. The highest BCUT2D eigenvalue weighted by Crippen LogP contribution is 2.68. The van der Waals surface area contributed by atoms with E-state index in [2.05, 4.69) is 20.8 Å². The number of benzene rings is 1. The fourth-order valence-electron chi connectivity index (χ4n) is 10.3. The van der Waals surface area contributed by atoms with Gasteiger partial charge in [0.25, 0.3) is 0 Å². The number of carbonyl (C=O) groups excluding carboxylic acids is 2. The molecule has 5 heteroatoms. The smallest absolute Gasteiger partial charge is 0.323 e. The summed E-state index contributed by atoms with van der Waals surface area (Å²) in [5, 5.41) is 0. The molecule has 4 saturated carbocycles. The summed E-state index contributed by atoms with van der Waals surface area (Å²) in [6, 6.07) is 9.37. The van der Waals surface area contributed by atoms with Crippen molar-refractivity contribution in [3.05, 3.63) is 35.9 Å². The van der Waals surface area contributed by atoms with Gasteiger partial charge in [-0.15, -0.1) is 0 Å². The maximum Gasteiger partial charge on any atom is 0.323 e. The maximum absolute atomic E-state index is 12.9. The fourth-order valence-corrected chi connectivity index (χ4v) is 10.3. The summed E-state index contributed by atoms with van der Waals surface area (Å²) in [5.41, 5.74) is 7.57. The molecular formula is C36H55NO4. The molecule has 228 valence electrons. The predicted molar refractivity (Wildman–Crippen MR) is 163 cm³/mol. The molecule has 4 aliphatic rings. The monoisotopic (exact) mass is 565 g/mol. The van der Waals surface area contributed by atoms with Gasteiger partial charge in [0.05, 0.1) is 0 Å². The molecule has 1 aromatic rings. The van der Waals surface area contributed by atoms with E-state index in [9.17, 15) is 9.59 Å². The Bertz CT molecular complexity index is 1080. The van der Waals surface area contributed by atoms with E-state index in [4.69, 9.17) is 15.2 Å². The van der Waals surface area contributed by atoms with Gasteiger partial charge < -0.3 is 15.2 Å². The molecule has 4 aliphatic carbocycles. The second-order valence-electron chi connectivity index (χ2n) is 15.8. The van der Waals surface area contributed by atoms with Crippen molar-refractivity contribution in [1.29, 1.82) is 0 Å². The Morgan fingerprint density at radius 2 is 1.63 bits per heavy atom. The van der Waals surface area contributed by atoms with Crippen LogP contribution in [0.15, 0.2) is 30.3 Å². The molecule has 2 N–H and O–H groups in total. The van der Waals surface area contributed by atoms with Crippen molar-refractivity contribution in [3.8, 4) is 0 Å². The van der Waals surface area contributed by atoms with Gasteiger partial charge in [0, 0.05) is 6.42 Å². The number of fused-ring (bicyclic) bond motifs is 5. The van der Waals surface area contributed by atoms with Gasteiger partial charge in [-0.2, -0.15) is 0 Å². The van der Waals surface area contributed by atoms with Crippen LogP contribution in [0.1, 0.15) is 111 Å². The third-order valence-electron chi connectivity index (χ3n) is 12.2. The first-order valence-corrected chi connectivity index (χ1v) is 16.5. The molecule has 0 saturated heterocycles. The summed E-state index contributed by atoms with van der Waals surface area (Å²) in [7, 11) is 0. The topological polar surface area (TPSA) is 78.6 Å². The number of nitrogens with two attached hydrogens (primary N) is 1. The molecule has 1 aromatic carbocycles. The molecule has 0 bridgehead atoms. The van der Waals surface area contributed by atoms with E-state index >= 15 is 0 Å². The molecule has 41 heavy (non-hydrogen) atoms. The van der Waals surface area contributed by atoms with Crippen molar-refractivity contribution in [1.82, 2.24) is 0 Å². The summed E-state index contributed by atoms with van der Waals surface area (Å²) in [6.07, 6.45) is 11.8. The molecule has 0 spiro atoms. The van der Waals surface area contributed by atoms with Crippen LogP contribution in [0.4, 0.5) is 0 Å². The molecule has 0 heterocycles. The standard InChI is InChI=1S/C36H55NO4/c1-23(20-32(38)41-34(2,3)4)28-14-15-29-27-13-12-25-22-26(16-18-35(25,5)30(27)17-19-36(28,29)6)40-33(39)31(37)21-24-10-8-7-9-11-24/h7-11,23,25-31H,12-22,37H2,1-6H3/t23?,25?,26-,27?,28?,29?,30?,31+,35+,36-/m1/s1. The third kappa shape index (κ3) is 6.26. The van der Waals surface area contributed by atoms with Gasteiger partial charge >= 0.3 is 11.9 Å². The first-order chi connectivity index (χ1) is 19.3. The lowest BCUT2D eigenvalue weighted by Crippen LogP contribution is -2.54. The minimum absolute atomic E-state index is 0.00244. The highest BCUT2D eigenvalue weighted by molar-refractivity contribution is 5.76. The Labute approximate surface area is 248 Å². The second-order valence-corrected chi connectivity index (χ2v) is 15.8. The van der Waals surface area contributed by atoms with Crippen LogP contribution in [0.5, 0.6) is 0 Å². The lowest BCUT2D eigenvalue weighted by molar-refractivity contribution is -0.165. The van der Waals surface area contributed by atoms with Crippen LogP contribution in [0.25, 0.3) is 0 Å². The molecule has 4 fully saturated rings. The highest BCUT2D eigenvalue weighted by Gasteiger charge is 2.61. The SMILES string of the molecule is CC(CC(=O)OC(C)(C)C)C1CCC2C3CCC4C[C@H](OC(=O)[C@@H](N)Cc5ccccc5)CC[C@]4(C)C3CC[C@]12C. The van der Waals surface area contributed by atoms with E-state index in [-0.39, 0.29) is 18.0 Å². The number of hydrogen-bond donors (Lipinski definition) is 1. The molecule has 6 unspecified atom stereocenters. The van der Waals surface area contributed by atoms with Gasteiger partial charge in [-0.3, -0.25) is 9.59 Å². The van der Waals surface area contributed by atoms with Crippen LogP contribution in [-0.2, 0) is 25.5 Å². The van der Waals surface area contributed by atoms with Crippen LogP contribution in [0.2, 0.25) is 0 Å². The summed E-state index contributed by atoms with van der Waals surface area (Å²) in [6.45, 7) is 13.3. The van der Waals surface area contributed by atoms with E-state index < -0.39 is 11.6 Å². The molecule has 10 atom stereocenters. The summed E-state index contributed by atoms with van der Waals surface area (Å²) < 4.78 is 11.7. The molecule has 0 amide bonds. The van der Waals surface area contributed by atoms with Crippen molar-refractivity contribution < 1.29 is 19.1 Å². The molecule has 5 rings (SSSR count). The summed E-state index contributed by atoms with van der Waals surface area (Å²) >= 11 is 0. The van der Waals surface area contributed by atoms with Crippen LogP contribution < -0.4 is 5.73 Å². The normalized spacial score (nSPS) is 38.1. The largest absolute Gasteiger partial charge is 0.461 e. The van der Waals surface area contributed by atoms with Crippen molar-refractivity contribution in [3.63, 3.8) is 0 Å². The maximum atomic E-state index is 12.9. The minimum Gasteiger partial charge on any atom is -0.461 e. The Morgan fingerprint density at radius 1 is 0.951 bits per heavy atom. The highest BCUT2D eigenvalue weighted by atomic mass is 16.6. The number of esters is 2. The number of rotatable bonds is 7. The number of hydrogen-bond acceptors (Lipinski definition) is 5. The average Bonchev–Trinajstić information content (AvgIpc) is 3.25. The van der Waals surface area contributed by atoms with Crippen molar-refractivity contribution >= 4 is 11.9 Å². The summed E-state index contributed by atoms with van der Waals surface area (Å²) in [4.78, 5) is 25.6. The van der Waals surface area contributed by atoms with Crippen molar-refractivity contribution in [2.24, 2.45) is 52.1 Å². The zero-order chi connectivity index (χ0) is 29.6. The first kappa shape index (κ1) is 30.6. The van der Waals surface area contributed by atoms with Crippen LogP contribution in [0, 0.1) is 46.3 Å². The van der Waals surface area contributed by atoms with Gasteiger partial charge in [0.2, 0.25) is 0 Å². The van der Waals surface area contributed by atoms with Gasteiger partial charge in [-0.05, 0) is 137 Å². The Morgan fingerprint density at radius 3 is 2.34 bits per heavy atom. The van der Waals surface area contributed by atoms with Gasteiger partial charge in [0.1, 0.15) is 17.7 Å². The molecular weight excluding hydrogens is 510 g/mol.